The van der Waals surface area contributed by atoms with Crippen LogP contribution in [0.15, 0.2) is 28.5 Å². The second kappa shape index (κ2) is 6.95. The molecule has 3 aromatic rings. The van der Waals surface area contributed by atoms with E-state index in [0.717, 1.165) is 22.6 Å². The summed E-state index contributed by atoms with van der Waals surface area (Å²) in [7, 11) is 0. The smallest absolute Gasteiger partial charge is 0.231 e. The summed E-state index contributed by atoms with van der Waals surface area (Å²) in [5.41, 5.74) is 13.5. The molecule has 1 aliphatic rings. The number of ether oxygens (including phenoxy) is 2. The summed E-state index contributed by atoms with van der Waals surface area (Å²) in [5.74, 6) is 1.34. The minimum absolute atomic E-state index is 0.171. The van der Waals surface area contributed by atoms with Crippen molar-refractivity contribution in [2.45, 2.75) is 36.4 Å². The molecular formula is C17H18N6O3S. The lowest BCUT2D eigenvalue weighted by atomic mass is 10.1. The number of fused-ring (bicyclic) bond motifs is 2. The highest BCUT2D eigenvalue weighted by Gasteiger charge is 2.21. The summed E-state index contributed by atoms with van der Waals surface area (Å²) in [6, 6.07) is 3.92. The Morgan fingerprint density at radius 1 is 1.30 bits per heavy atom. The summed E-state index contributed by atoms with van der Waals surface area (Å²) >= 11 is 1.46. The number of carbonyl (C=O) groups is 1. The molecule has 0 saturated carbocycles. The van der Waals surface area contributed by atoms with Crippen LogP contribution in [0.3, 0.4) is 0 Å². The molecule has 9 nitrogen and oxygen atoms in total. The van der Waals surface area contributed by atoms with Gasteiger partial charge in [-0.2, -0.15) is 0 Å². The maximum Gasteiger partial charge on any atom is 0.231 e. The molecule has 3 heterocycles. The van der Waals surface area contributed by atoms with E-state index in [2.05, 4.69) is 21.9 Å². The summed E-state index contributed by atoms with van der Waals surface area (Å²) in [6.07, 6.45) is 2.37. The predicted molar refractivity (Wildman–Crippen MR) is 99.6 cm³/mol. The van der Waals surface area contributed by atoms with E-state index < -0.39 is 5.91 Å². The number of aryl methyl sites for hydroxylation is 2. The van der Waals surface area contributed by atoms with Gasteiger partial charge in [-0.15, -0.1) is 0 Å². The number of anilines is 1. The zero-order valence-corrected chi connectivity index (χ0v) is 15.5. The Morgan fingerprint density at radius 2 is 2.07 bits per heavy atom. The van der Waals surface area contributed by atoms with Crippen molar-refractivity contribution in [3.8, 4) is 11.5 Å². The monoisotopic (exact) mass is 386 g/mol. The Hall–Kier alpha value is -3.01. The van der Waals surface area contributed by atoms with Gasteiger partial charge in [0.05, 0.1) is 0 Å². The number of nitrogen functional groups attached to an aromatic ring is 1. The summed E-state index contributed by atoms with van der Waals surface area (Å²) < 4.78 is 12.8. The zero-order valence-electron chi connectivity index (χ0n) is 14.6. The number of nitrogens with zero attached hydrogens (tertiary/aromatic N) is 4. The van der Waals surface area contributed by atoms with Crippen LogP contribution in [0.25, 0.3) is 11.2 Å². The van der Waals surface area contributed by atoms with Crippen LogP contribution in [-0.2, 0) is 17.8 Å². The maximum atomic E-state index is 11.3. The fraction of sp³-hybridized carbons (Fsp3) is 0.294. The van der Waals surface area contributed by atoms with Gasteiger partial charge >= 0.3 is 0 Å². The van der Waals surface area contributed by atoms with E-state index >= 15 is 0 Å². The lowest BCUT2D eigenvalue weighted by molar-refractivity contribution is -0.118. The Balaban J connectivity index is 1.78. The average molecular weight is 386 g/mol. The van der Waals surface area contributed by atoms with E-state index in [9.17, 15) is 4.79 Å². The van der Waals surface area contributed by atoms with Crippen molar-refractivity contribution < 1.29 is 14.3 Å². The molecule has 0 aliphatic carbocycles. The van der Waals surface area contributed by atoms with E-state index in [1.165, 1.54) is 18.1 Å². The van der Waals surface area contributed by atoms with Crippen LogP contribution in [0.2, 0.25) is 0 Å². The van der Waals surface area contributed by atoms with E-state index in [4.69, 9.17) is 20.9 Å². The second-order valence-electron chi connectivity index (χ2n) is 5.96. The third-order valence-corrected chi connectivity index (χ3v) is 5.34. The molecule has 0 unspecified atom stereocenters. The minimum Gasteiger partial charge on any atom is -0.454 e. The number of imidazole rings is 1. The van der Waals surface area contributed by atoms with Gasteiger partial charge in [-0.1, -0.05) is 18.7 Å². The second-order valence-corrected chi connectivity index (χ2v) is 6.97. The number of carbonyl (C=O) groups excluding carboxylic acids is 1. The Kier molecular flexibility index (Phi) is 4.48. The number of aromatic nitrogens is 4. The van der Waals surface area contributed by atoms with Gasteiger partial charge in [0.25, 0.3) is 0 Å². The SMILES string of the molecule is CCc1cc2c(cc1Sc1nc3c(N)ncnc3n1CCC(N)=O)OCO2. The van der Waals surface area contributed by atoms with Gasteiger partial charge in [-0.25, -0.2) is 15.0 Å². The lowest BCUT2D eigenvalue weighted by Gasteiger charge is -2.10. The van der Waals surface area contributed by atoms with Crippen molar-refractivity contribution >= 4 is 34.7 Å². The maximum absolute atomic E-state index is 11.3. The first-order chi connectivity index (χ1) is 13.1. The van der Waals surface area contributed by atoms with E-state index in [-0.39, 0.29) is 13.2 Å². The van der Waals surface area contributed by atoms with Gasteiger partial charge in [0.1, 0.15) is 6.33 Å². The molecule has 0 spiro atoms. The van der Waals surface area contributed by atoms with Crippen LogP contribution in [0.5, 0.6) is 11.5 Å². The summed E-state index contributed by atoms with van der Waals surface area (Å²) in [5, 5.41) is 0.659. The average Bonchev–Trinajstić information content (AvgIpc) is 3.24. The van der Waals surface area contributed by atoms with Crippen LogP contribution < -0.4 is 20.9 Å². The highest BCUT2D eigenvalue weighted by Crippen LogP contribution is 2.41. The van der Waals surface area contributed by atoms with Crippen molar-refractivity contribution in [1.29, 1.82) is 0 Å². The summed E-state index contributed by atoms with van der Waals surface area (Å²) in [4.78, 5) is 25.2. The van der Waals surface area contributed by atoms with Crippen LogP contribution in [0.1, 0.15) is 18.9 Å². The van der Waals surface area contributed by atoms with Crippen molar-refractivity contribution in [1.82, 2.24) is 19.5 Å². The van der Waals surface area contributed by atoms with Crippen LogP contribution in [-0.4, -0.2) is 32.2 Å². The van der Waals surface area contributed by atoms with Crippen molar-refractivity contribution in [2.75, 3.05) is 12.5 Å². The first kappa shape index (κ1) is 17.4. The fourth-order valence-corrected chi connectivity index (χ4v) is 3.99. The molecule has 10 heteroatoms. The molecule has 0 saturated heterocycles. The molecule has 1 aromatic carbocycles. The van der Waals surface area contributed by atoms with Gasteiger partial charge in [0, 0.05) is 17.9 Å². The molecule has 4 rings (SSSR count). The minimum atomic E-state index is -0.396. The number of hydrogen-bond donors (Lipinski definition) is 2. The Morgan fingerprint density at radius 3 is 2.81 bits per heavy atom. The molecule has 4 N–H and O–H groups in total. The number of primary amides is 1. The number of rotatable bonds is 6. The van der Waals surface area contributed by atoms with Gasteiger partial charge < -0.3 is 25.5 Å². The van der Waals surface area contributed by atoms with Crippen LogP contribution in [0.4, 0.5) is 5.82 Å². The van der Waals surface area contributed by atoms with Crippen LogP contribution >= 0.6 is 11.8 Å². The van der Waals surface area contributed by atoms with Gasteiger partial charge in [-0.3, -0.25) is 4.79 Å². The van der Waals surface area contributed by atoms with E-state index in [1.807, 2.05) is 16.7 Å². The van der Waals surface area contributed by atoms with Crippen molar-refractivity contribution in [2.24, 2.45) is 5.73 Å². The van der Waals surface area contributed by atoms with E-state index in [0.29, 0.717) is 34.4 Å². The lowest BCUT2D eigenvalue weighted by Crippen LogP contribution is -2.14. The highest BCUT2D eigenvalue weighted by molar-refractivity contribution is 7.99. The standard InChI is InChI=1S/C17H18N6O3S/c1-2-9-5-10-11(26-8-25-10)6-12(9)27-17-22-14-15(19)20-7-21-16(14)23(17)4-3-13(18)24/h5-7H,2-4,8H2,1H3,(H2,18,24)(H2,19,20,21). The van der Waals surface area contributed by atoms with E-state index in [1.54, 1.807) is 0 Å². The topological polar surface area (TPSA) is 131 Å². The van der Waals surface area contributed by atoms with Crippen molar-refractivity contribution in [3.05, 3.63) is 24.0 Å². The summed E-state index contributed by atoms with van der Waals surface area (Å²) in [6.45, 7) is 2.65. The molecule has 27 heavy (non-hydrogen) atoms. The third-order valence-electron chi connectivity index (χ3n) is 4.24. The predicted octanol–water partition coefficient (Wildman–Crippen LogP) is 1.73. The molecule has 0 atom stereocenters. The van der Waals surface area contributed by atoms with Crippen LogP contribution in [0, 0.1) is 0 Å². The largest absolute Gasteiger partial charge is 0.454 e. The normalized spacial score (nSPS) is 12.6. The van der Waals surface area contributed by atoms with Crippen molar-refractivity contribution in [3.63, 3.8) is 0 Å². The molecule has 140 valence electrons. The zero-order chi connectivity index (χ0) is 19.0. The number of benzene rings is 1. The molecular weight excluding hydrogens is 368 g/mol. The number of nitrogens with two attached hydrogens (primary N) is 2. The Labute approximate surface area is 159 Å². The quantitative estimate of drug-likeness (QED) is 0.655. The highest BCUT2D eigenvalue weighted by atomic mass is 32.2. The Bertz CT molecular complexity index is 1040. The first-order valence-corrected chi connectivity index (χ1v) is 9.23. The third kappa shape index (κ3) is 3.23. The van der Waals surface area contributed by atoms with Gasteiger partial charge in [-0.05, 0) is 24.1 Å². The first-order valence-electron chi connectivity index (χ1n) is 8.42. The molecule has 0 radical (unpaired) electrons. The van der Waals surface area contributed by atoms with Gasteiger partial charge in [0.15, 0.2) is 33.6 Å². The fourth-order valence-electron chi connectivity index (χ4n) is 2.87. The molecule has 1 aliphatic heterocycles. The number of amides is 1. The molecule has 0 bridgehead atoms. The van der Waals surface area contributed by atoms with Gasteiger partial charge in [0.2, 0.25) is 12.7 Å². The molecule has 0 fully saturated rings. The molecule has 2 aromatic heterocycles. The molecule has 1 amide bonds. The number of hydrogen-bond acceptors (Lipinski definition) is 8.